The zero-order valence-corrected chi connectivity index (χ0v) is 11.1. The van der Waals surface area contributed by atoms with Crippen LogP contribution in [0.15, 0.2) is 48.5 Å². The minimum atomic E-state index is -0.925. The molecule has 2 aromatic carbocycles. The molecule has 21 heavy (non-hydrogen) atoms. The topological polar surface area (TPSA) is 89.7 Å². The minimum Gasteiger partial charge on any atom is -0.489 e. The Kier molecular flexibility index (Phi) is 4.50. The summed E-state index contributed by atoms with van der Waals surface area (Å²) in [7, 11) is 0. The van der Waals surface area contributed by atoms with E-state index in [0.717, 1.165) is 0 Å². The SMILES string of the molecule is O=C(O)Cc1cccc(OCc2ccccc2[N+](=O)[O-])c1. The van der Waals surface area contributed by atoms with E-state index in [0.29, 0.717) is 16.9 Å². The minimum absolute atomic E-state index is 0.000749. The summed E-state index contributed by atoms with van der Waals surface area (Å²) in [5, 5.41) is 19.6. The van der Waals surface area contributed by atoms with E-state index in [4.69, 9.17) is 9.84 Å². The lowest BCUT2D eigenvalue weighted by Crippen LogP contribution is -2.02. The van der Waals surface area contributed by atoms with Gasteiger partial charge in [0.1, 0.15) is 12.4 Å². The van der Waals surface area contributed by atoms with Crippen LogP contribution in [0.1, 0.15) is 11.1 Å². The van der Waals surface area contributed by atoms with Crippen LogP contribution in [-0.2, 0) is 17.8 Å². The maximum Gasteiger partial charge on any atom is 0.307 e. The second-order valence-electron chi connectivity index (χ2n) is 4.39. The first-order valence-corrected chi connectivity index (χ1v) is 6.22. The molecule has 0 spiro atoms. The molecule has 0 amide bonds. The molecule has 0 heterocycles. The fraction of sp³-hybridized carbons (Fsp3) is 0.133. The Balaban J connectivity index is 2.10. The van der Waals surface area contributed by atoms with Crippen molar-refractivity contribution < 1.29 is 19.6 Å². The molecule has 2 aromatic rings. The van der Waals surface area contributed by atoms with E-state index in [2.05, 4.69) is 0 Å². The van der Waals surface area contributed by atoms with Crippen LogP contribution >= 0.6 is 0 Å². The first-order valence-electron chi connectivity index (χ1n) is 6.22. The smallest absolute Gasteiger partial charge is 0.307 e. The summed E-state index contributed by atoms with van der Waals surface area (Å²) in [4.78, 5) is 21.1. The standard InChI is InChI=1S/C15H13NO5/c17-15(18)9-11-4-3-6-13(8-11)21-10-12-5-1-2-7-14(12)16(19)20/h1-8H,9-10H2,(H,17,18). The monoisotopic (exact) mass is 287 g/mol. The number of carbonyl (C=O) groups is 1. The van der Waals surface area contributed by atoms with Gasteiger partial charge in [0.15, 0.2) is 0 Å². The van der Waals surface area contributed by atoms with E-state index in [1.165, 1.54) is 6.07 Å². The number of nitro benzene ring substituents is 1. The Hall–Kier alpha value is -2.89. The normalized spacial score (nSPS) is 10.1. The van der Waals surface area contributed by atoms with Crippen molar-refractivity contribution in [1.82, 2.24) is 0 Å². The Morgan fingerprint density at radius 1 is 1.19 bits per heavy atom. The quantitative estimate of drug-likeness (QED) is 0.651. The molecule has 6 heteroatoms. The summed E-state index contributed by atoms with van der Waals surface area (Å²) in [5.41, 5.74) is 1.08. The highest BCUT2D eigenvalue weighted by molar-refractivity contribution is 5.70. The second kappa shape index (κ2) is 6.51. The van der Waals surface area contributed by atoms with Gasteiger partial charge in [0.05, 0.1) is 16.9 Å². The largest absolute Gasteiger partial charge is 0.489 e. The Labute approximate surface area is 120 Å². The van der Waals surface area contributed by atoms with E-state index in [-0.39, 0.29) is 18.7 Å². The summed E-state index contributed by atoms with van der Waals surface area (Å²) < 4.78 is 5.51. The third-order valence-electron chi connectivity index (χ3n) is 2.84. The van der Waals surface area contributed by atoms with Gasteiger partial charge < -0.3 is 9.84 Å². The van der Waals surface area contributed by atoms with Crippen LogP contribution in [0.25, 0.3) is 0 Å². The number of para-hydroxylation sites is 1. The average Bonchev–Trinajstić information content (AvgIpc) is 2.45. The Bertz CT molecular complexity index is 669. The highest BCUT2D eigenvalue weighted by Crippen LogP contribution is 2.21. The molecule has 0 saturated carbocycles. The zero-order chi connectivity index (χ0) is 15.2. The van der Waals surface area contributed by atoms with Crippen molar-refractivity contribution >= 4 is 11.7 Å². The molecule has 0 radical (unpaired) electrons. The maximum absolute atomic E-state index is 10.9. The molecule has 0 fully saturated rings. The highest BCUT2D eigenvalue weighted by Gasteiger charge is 2.12. The van der Waals surface area contributed by atoms with Crippen molar-refractivity contribution in [3.63, 3.8) is 0 Å². The van der Waals surface area contributed by atoms with Crippen molar-refractivity contribution in [1.29, 1.82) is 0 Å². The van der Waals surface area contributed by atoms with E-state index in [1.807, 2.05) is 0 Å². The van der Waals surface area contributed by atoms with Crippen molar-refractivity contribution in [3.05, 3.63) is 69.8 Å². The van der Waals surface area contributed by atoms with Crippen molar-refractivity contribution in [2.75, 3.05) is 0 Å². The van der Waals surface area contributed by atoms with Crippen LogP contribution in [0.2, 0.25) is 0 Å². The van der Waals surface area contributed by atoms with Gasteiger partial charge in [0, 0.05) is 6.07 Å². The Morgan fingerprint density at radius 2 is 1.95 bits per heavy atom. The maximum atomic E-state index is 10.9. The molecule has 6 nitrogen and oxygen atoms in total. The number of hydrogen-bond acceptors (Lipinski definition) is 4. The van der Waals surface area contributed by atoms with Gasteiger partial charge in [-0.25, -0.2) is 0 Å². The first kappa shape index (κ1) is 14.5. The van der Waals surface area contributed by atoms with Gasteiger partial charge in [-0.1, -0.05) is 24.3 Å². The molecule has 0 unspecified atom stereocenters. The van der Waals surface area contributed by atoms with Crippen LogP contribution < -0.4 is 4.74 Å². The number of rotatable bonds is 6. The van der Waals surface area contributed by atoms with Crippen molar-refractivity contribution in [3.8, 4) is 5.75 Å². The molecule has 0 aliphatic carbocycles. The van der Waals surface area contributed by atoms with Crippen LogP contribution in [0.3, 0.4) is 0 Å². The third kappa shape index (κ3) is 4.04. The predicted molar refractivity (Wildman–Crippen MR) is 75.2 cm³/mol. The molecule has 0 aromatic heterocycles. The number of benzene rings is 2. The molecule has 0 aliphatic rings. The van der Waals surface area contributed by atoms with Gasteiger partial charge in [0.25, 0.3) is 5.69 Å². The number of aliphatic carboxylic acids is 1. The van der Waals surface area contributed by atoms with Gasteiger partial charge in [-0.3, -0.25) is 14.9 Å². The fourth-order valence-corrected chi connectivity index (χ4v) is 1.89. The van der Waals surface area contributed by atoms with Crippen LogP contribution in [0.4, 0.5) is 5.69 Å². The van der Waals surface area contributed by atoms with Gasteiger partial charge in [-0.2, -0.15) is 0 Å². The summed E-state index contributed by atoms with van der Waals surface area (Å²) in [6.07, 6.45) is -0.0946. The van der Waals surface area contributed by atoms with Crippen molar-refractivity contribution in [2.45, 2.75) is 13.0 Å². The lowest BCUT2D eigenvalue weighted by atomic mass is 10.1. The molecular weight excluding hydrogens is 274 g/mol. The molecule has 0 atom stereocenters. The molecule has 0 bridgehead atoms. The summed E-state index contributed by atoms with van der Waals surface area (Å²) in [5.74, 6) is -0.447. The zero-order valence-electron chi connectivity index (χ0n) is 11.1. The fourth-order valence-electron chi connectivity index (χ4n) is 1.89. The summed E-state index contributed by atoms with van der Waals surface area (Å²) >= 11 is 0. The number of carboxylic acid groups (broad SMARTS) is 1. The molecular formula is C15H13NO5. The van der Waals surface area contributed by atoms with Gasteiger partial charge in [-0.05, 0) is 23.8 Å². The van der Waals surface area contributed by atoms with E-state index in [9.17, 15) is 14.9 Å². The molecule has 2 rings (SSSR count). The number of ether oxygens (including phenoxy) is 1. The predicted octanol–water partition coefficient (Wildman–Crippen LogP) is 2.80. The number of nitro groups is 1. The van der Waals surface area contributed by atoms with E-state index >= 15 is 0 Å². The van der Waals surface area contributed by atoms with Gasteiger partial charge in [-0.15, -0.1) is 0 Å². The second-order valence-corrected chi connectivity index (χ2v) is 4.39. The number of nitrogens with zero attached hydrogens (tertiary/aromatic N) is 1. The molecule has 0 aliphatic heterocycles. The summed E-state index contributed by atoms with van der Waals surface area (Å²) in [6, 6.07) is 13.0. The highest BCUT2D eigenvalue weighted by atomic mass is 16.6. The number of hydrogen-bond donors (Lipinski definition) is 1. The van der Waals surface area contributed by atoms with Crippen molar-refractivity contribution in [2.24, 2.45) is 0 Å². The van der Waals surface area contributed by atoms with E-state index in [1.54, 1.807) is 42.5 Å². The lowest BCUT2D eigenvalue weighted by molar-refractivity contribution is -0.385. The third-order valence-corrected chi connectivity index (χ3v) is 2.84. The molecule has 1 N–H and O–H groups in total. The molecule has 108 valence electrons. The first-order chi connectivity index (χ1) is 10.1. The Morgan fingerprint density at radius 3 is 2.67 bits per heavy atom. The average molecular weight is 287 g/mol. The van der Waals surface area contributed by atoms with E-state index < -0.39 is 10.9 Å². The molecule has 0 saturated heterocycles. The van der Waals surface area contributed by atoms with Gasteiger partial charge in [0.2, 0.25) is 0 Å². The number of carboxylic acids is 1. The van der Waals surface area contributed by atoms with Crippen LogP contribution in [-0.4, -0.2) is 16.0 Å². The van der Waals surface area contributed by atoms with Crippen LogP contribution in [0, 0.1) is 10.1 Å². The van der Waals surface area contributed by atoms with Crippen LogP contribution in [0.5, 0.6) is 5.75 Å². The lowest BCUT2D eigenvalue weighted by Gasteiger charge is -2.08. The summed E-state index contributed by atoms with van der Waals surface area (Å²) in [6.45, 7) is 0.0493. The van der Waals surface area contributed by atoms with Gasteiger partial charge >= 0.3 is 5.97 Å².